The lowest BCUT2D eigenvalue weighted by molar-refractivity contribution is -0.135. The van der Waals surface area contributed by atoms with Gasteiger partial charge in [-0.05, 0) is 25.3 Å². The molecule has 128 valence electrons. The van der Waals surface area contributed by atoms with Crippen LogP contribution < -0.4 is 10.5 Å². The Kier molecular flexibility index (Phi) is 6.86. The molecule has 1 aromatic rings. The number of nitrogens with zero attached hydrogens (tertiary/aromatic N) is 1. The molecule has 2 rings (SSSR count). The first-order chi connectivity index (χ1) is 11.2. The summed E-state index contributed by atoms with van der Waals surface area (Å²) < 4.78 is 11.1. The number of methoxy groups -OCH3 is 1. The van der Waals surface area contributed by atoms with Gasteiger partial charge in [0.15, 0.2) is 0 Å². The van der Waals surface area contributed by atoms with Gasteiger partial charge >= 0.3 is 0 Å². The Bertz CT molecular complexity index is 501. The van der Waals surface area contributed by atoms with Gasteiger partial charge in [0, 0.05) is 25.3 Å². The number of amides is 1. The molecule has 1 saturated heterocycles. The molecule has 1 aliphatic rings. The van der Waals surface area contributed by atoms with Gasteiger partial charge in [-0.3, -0.25) is 4.79 Å². The van der Waals surface area contributed by atoms with Gasteiger partial charge in [0.2, 0.25) is 5.91 Å². The van der Waals surface area contributed by atoms with Gasteiger partial charge in [0.25, 0.3) is 0 Å². The molecule has 1 fully saturated rings. The number of carbonyl (C=O) groups is 1. The van der Waals surface area contributed by atoms with Crippen LogP contribution in [0.3, 0.4) is 0 Å². The van der Waals surface area contributed by atoms with Crippen LogP contribution in [0.2, 0.25) is 0 Å². The molecule has 0 bridgehead atoms. The van der Waals surface area contributed by atoms with Gasteiger partial charge in [0.1, 0.15) is 5.75 Å². The fraction of sp³-hybridized carbons (Fsp3) is 0.611. The fourth-order valence-electron chi connectivity index (χ4n) is 2.97. The highest BCUT2D eigenvalue weighted by atomic mass is 16.5. The van der Waals surface area contributed by atoms with E-state index in [0.29, 0.717) is 19.5 Å². The third kappa shape index (κ3) is 4.94. The van der Waals surface area contributed by atoms with Crippen molar-refractivity contribution in [3.8, 4) is 5.75 Å². The van der Waals surface area contributed by atoms with Gasteiger partial charge in [-0.25, -0.2) is 0 Å². The Hall–Kier alpha value is -1.59. The van der Waals surface area contributed by atoms with E-state index in [1.807, 2.05) is 36.1 Å². The average molecular weight is 320 g/mol. The van der Waals surface area contributed by atoms with Crippen LogP contribution in [0.4, 0.5) is 0 Å². The molecule has 5 heteroatoms. The monoisotopic (exact) mass is 320 g/mol. The fourth-order valence-corrected chi connectivity index (χ4v) is 2.97. The zero-order chi connectivity index (χ0) is 16.7. The minimum atomic E-state index is -0.448. The summed E-state index contributed by atoms with van der Waals surface area (Å²) in [6, 6.07) is 7.34. The van der Waals surface area contributed by atoms with E-state index in [4.69, 9.17) is 15.2 Å². The molecule has 0 aliphatic carbocycles. The molecule has 0 saturated carbocycles. The van der Waals surface area contributed by atoms with Crippen LogP contribution in [0, 0.1) is 0 Å². The van der Waals surface area contributed by atoms with Gasteiger partial charge < -0.3 is 20.1 Å². The van der Waals surface area contributed by atoms with Crippen molar-refractivity contribution in [3.63, 3.8) is 0 Å². The first kappa shape index (κ1) is 17.8. The van der Waals surface area contributed by atoms with Crippen molar-refractivity contribution in [2.24, 2.45) is 5.73 Å². The van der Waals surface area contributed by atoms with E-state index in [0.717, 1.165) is 37.2 Å². The second-order valence-electron chi connectivity index (χ2n) is 6.06. The molecule has 1 aliphatic heterocycles. The highest BCUT2D eigenvalue weighted by molar-refractivity contribution is 5.81. The maximum atomic E-state index is 12.7. The lowest BCUT2D eigenvalue weighted by Gasteiger charge is -2.28. The lowest BCUT2D eigenvalue weighted by atomic mass is 10.1. The maximum absolute atomic E-state index is 12.7. The second-order valence-corrected chi connectivity index (χ2v) is 6.06. The normalized spacial score (nSPS) is 18.7. The molecular weight excluding hydrogens is 292 g/mol. The van der Waals surface area contributed by atoms with Crippen molar-refractivity contribution in [3.05, 3.63) is 29.8 Å². The molecule has 0 radical (unpaired) electrons. The van der Waals surface area contributed by atoms with Crippen LogP contribution in [0.5, 0.6) is 5.75 Å². The Morgan fingerprint density at radius 1 is 1.48 bits per heavy atom. The molecule has 1 amide bonds. The summed E-state index contributed by atoms with van der Waals surface area (Å²) in [6.45, 7) is 3.91. The van der Waals surface area contributed by atoms with Crippen LogP contribution in [0.15, 0.2) is 24.3 Å². The van der Waals surface area contributed by atoms with Crippen molar-refractivity contribution < 1.29 is 14.3 Å². The number of hydrogen-bond acceptors (Lipinski definition) is 4. The summed E-state index contributed by atoms with van der Waals surface area (Å²) in [6.07, 6.45) is 3.77. The highest BCUT2D eigenvalue weighted by Crippen LogP contribution is 2.22. The second kappa shape index (κ2) is 8.89. The van der Waals surface area contributed by atoms with Gasteiger partial charge in [-0.15, -0.1) is 0 Å². The molecule has 0 aromatic heterocycles. The summed E-state index contributed by atoms with van der Waals surface area (Å²) in [5, 5.41) is 0. The molecule has 23 heavy (non-hydrogen) atoms. The topological polar surface area (TPSA) is 64.8 Å². The van der Waals surface area contributed by atoms with Crippen molar-refractivity contribution in [2.45, 2.75) is 51.3 Å². The predicted octanol–water partition coefficient (Wildman–Crippen LogP) is 2.33. The van der Waals surface area contributed by atoms with E-state index in [1.54, 1.807) is 7.11 Å². The Morgan fingerprint density at radius 2 is 2.26 bits per heavy atom. The highest BCUT2D eigenvalue weighted by Gasteiger charge is 2.26. The Balaban J connectivity index is 2.12. The molecule has 5 nitrogen and oxygen atoms in total. The lowest BCUT2D eigenvalue weighted by Crippen LogP contribution is -2.46. The van der Waals surface area contributed by atoms with Gasteiger partial charge in [-0.1, -0.05) is 31.5 Å². The van der Waals surface area contributed by atoms with Gasteiger partial charge in [0.05, 0.1) is 19.3 Å². The summed E-state index contributed by atoms with van der Waals surface area (Å²) >= 11 is 0. The quantitative estimate of drug-likeness (QED) is 0.798. The molecule has 2 unspecified atom stereocenters. The third-order valence-electron chi connectivity index (χ3n) is 4.23. The van der Waals surface area contributed by atoms with E-state index in [1.165, 1.54) is 0 Å². The van der Waals surface area contributed by atoms with Crippen molar-refractivity contribution in [1.29, 1.82) is 0 Å². The molecule has 1 aromatic carbocycles. The summed E-state index contributed by atoms with van der Waals surface area (Å²) in [5.41, 5.74) is 7.05. The van der Waals surface area contributed by atoms with Gasteiger partial charge in [-0.2, -0.15) is 0 Å². The number of hydrogen-bond donors (Lipinski definition) is 1. The Morgan fingerprint density at radius 3 is 2.91 bits per heavy atom. The third-order valence-corrected chi connectivity index (χ3v) is 4.23. The predicted molar refractivity (Wildman–Crippen MR) is 90.3 cm³/mol. The maximum Gasteiger partial charge on any atom is 0.239 e. The van der Waals surface area contributed by atoms with Crippen LogP contribution in [0.25, 0.3) is 0 Å². The van der Waals surface area contributed by atoms with Crippen LogP contribution in [-0.2, 0) is 16.1 Å². The standard InChI is InChI=1S/C18H28N2O3/c1-3-7-16(19)18(21)20(13-15-9-6-11-23-15)12-14-8-4-5-10-17(14)22-2/h4-5,8,10,15-16H,3,6-7,9,11-13,19H2,1-2H3. The average Bonchev–Trinajstić information content (AvgIpc) is 3.07. The van der Waals surface area contributed by atoms with E-state index < -0.39 is 6.04 Å². The number of carbonyl (C=O) groups excluding carboxylic acids is 1. The van der Waals surface area contributed by atoms with Crippen molar-refractivity contribution >= 4 is 5.91 Å². The summed E-state index contributed by atoms with van der Waals surface area (Å²) in [4.78, 5) is 14.6. The van der Waals surface area contributed by atoms with Crippen LogP contribution in [0.1, 0.15) is 38.2 Å². The molecule has 2 atom stereocenters. The summed E-state index contributed by atoms with van der Waals surface area (Å²) in [7, 11) is 1.65. The SMILES string of the molecule is CCCC(N)C(=O)N(Cc1ccccc1OC)CC1CCCO1. The van der Waals surface area contributed by atoms with Crippen molar-refractivity contribution in [2.75, 3.05) is 20.3 Å². The van der Waals surface area contributed by atoms with Crippen LogP contribution >= 0.6 is 0 Å². The van der Waals surface area contributed by atoms with Crippen molar-refractivity contribution in [1.82, 2.24) is 4.90 Å². The minimum absolute atomic E-state index is 0.00624. The largest absolute Gasteiger partial charge is 0.496 e. The number of benzene rings is 1. The minimum Gasteiger partial charge on any atom is -0.496 e. The number of nitrogens with two attached hydrogens (primary N) is 1. The molecular formula is C18H28N2O3. The molecule has 2 N–H and O–H groups in total. The smallest absolute Gasteiger partial charge is 0.239 e. The first-order valence-electron chi connectivity index (χ1n) is 8.43. The molecule has 0 spiro atoms. The summed E-state index contributed by atoms with van der Waals surface area (Å²) in [5.74, 6) is 0.787. The number of rotatable bonds is 8. The zero-order valence-electron chi connectivity index (χ0n) is 14.2. The first-order valence-corrected chi connectivity index (χ1v) is 8.43. The van der Waals surface area contributed by atoms with Crippen LogP contribution in [-0.4, -0.2) is 43.2 Å². The number of para-hydroxylation sites is 1. The number of ether oxygens (including phenoxy) is 2. The molecule has 1 heterocycles. The Labute approximate surface area is 138 Å². The van der Waals surface area contributed by atoms with E-state index in [-0.39, 0.29) is 12.0 Å². The van der Waals surface area contributed by atoms with E-state index in [9.17, 15) is 4.79 Å². The zero-order valence-corrected chi connectivity index (χ0v) is 14.2. The van der Waals surface area contributed by atoms with E-state index >= 15 is 0 Å². The van der Waals surface area contributed by atoms with E-state index in [2.05, 4.69) is 0 Å².